The van der Waals surface area contributed by atoms with Crippen LogP contribution in [0.3, 0.4) is 0 Å². The minimum absolute atomic E-state index is 0.104. The second-order valence-electron chi connectivity index (χ2n) is 7.23. The summed E-state index contributed by atoms with van der Waals surface area (Å²) in [6.45, 7) is 4.87. The first-order valence-electron chi connectivity index (χ1n) is 10.1. The van der Waals surface area contributed by atoms with Crippen LogP contribution >= 0.6 is 11.8 Å². The lowest BCUT2D eigenvalue weighted by atomic mass is 10.2. The maximum absolute atomic E-state index is 12.9. The van der Waals surface area contributed by atoms with Crippen molar-refractivity contribution in [2.24, 2.45) is 0 Å². The van der Waals surface area contributed by atoms with Gasteiger partial charge in [-0.2, -0.15) is 0 Å². The number of rotatable bonds is 10. The Morgan fingerprint density at radius 3 is 2.70 bits per heavy atom. The molecule has 0 unspecified atom stereocenters. The lowest BCUT2D eigenvalue weighted by molar-refractivity contribution is -0.140. The molecule has 0 saturated heterocycles. The summed E-state index contributed by atoms with van der Waals surface area (Å²) in [6.07, 6.45) is 4.73. The monoisotopic (exact) mass is 425 g/mol. The van der Waals surface area contributed by atoms with E-state index in [0.29, 0.717) is 12.2 Å². The minimum Gasteiger partial charge on any atom is -0.469 e. The Labute approximate surface area is 181 Å². The van der Waals surface area contributed by atoms with Crippen molar-refractivity contribution in [1.29, 1.82) is 0 Å². The molecule has 0 amide bonds. The Bertz CT molecular complexity index is 1040. The number of para-hydroxylation sites is 1. The Hall–Kier alpha value is -2.67. The van der Waals surface area contributed by atoms with Gasteiger partial charge in [0.15, 0.2) is 5.78 Å². The zero-order valence-corrected chi connectivity index (χ0v) is 18.5. The van der Waals surface area contributed by atoms with Gasteiger partial charge < -0.3 is 9.30 Å². The summed E-state index contributed by atoms with van der Waals surface area (Å²) in [5.41, 5.74) is 3.74. The molecule has 0 N–H and O–H groups in total. The van der Waals surface area contributed by atoms with E-state index in [0.717, 1.165) is 58.7 Å². The number of ketones is 1. The molecule has 0 atom stereocenters. The lowest BCUT2D eigenvalue weighted by Gasteiger charge is -2.10. The number of methoxy groups -OCH3 is 1. The smallest absolute Gasteiger partial charge is 0.305 e. The number of carbonyl (C=O) groups excluding carboxylic acids is 2. The highest BCUT2D eigenvalue weighted by molar-refractivity contribution is 8.00. The van der Waals surface area contributed by atoms with Crippen molar-refractivity contribution in [2.45, 2.75) is 51.1 Å². The van der Waals surface area contributed by atoms with Crippen LogP contribution in [0, 0.1) is 13.8 Å². The van der Waals surface area contributed by atoms with Gasteiger partial charge in [-0.15, -0.1) is 0 Å². The van der Waals surface area contributed by atoms with E-state index in [4.69, 9.17) is 0 Å². The molecule has 30 heavy (non-hydrogen) atoms. The Balaban J connectivity index is 1.60. The zero-order valence-electron chi connectivity index (χ0n) is 17.7. The van der Waals surface area contributed by atoms with E-state index in [-0.39, 0.29) is 11.8 Å². The molecule has 2 aromatic heterocycles. The molecule has 1 aromatic carbocycles. The van der Waals surface area contributed by atoms with E-state index in [1.807, 2.05) is 44.2 Å². The van der Waals surface area contributed by atoms with Crippen LogP contribution in [0.15, 0.2) is 41.7 Å². The second kappa shape index (κ2) is 10.4. The number of hydrogen-bond acceptors (Lipinski definition) is 6. The molecule has 0 bridgehead atoms. The van der Waals surface area contributed by atoms with Crippen LogP contribution in [0.25, 0.3) is 10.9 Å². The maximum atomic E-state index is 12.9. The molecular formula is C23H27N3O3S. The molecule has 3 aromatic rings. The molecular weight excluding hydrogens is 398 g/mol. The molecule has 0 aliphatic rings. The van der Waals surface area contributed by atoms with E-state index < -0.39 is 0 Å². The van der Waals surface area contributed by atoms with Crippen LogP contribution in [0.2, 0.25) is 0 Å². The number of hydrogen-bond donors (Lipinski definition) is 0. The third-order valence-electron chi connectivity index (χ3n) is 5.21. The number of nitrogens with zero attached hydrogens (tertiary/aromatic N) is 3. The second-order valence-corrected chi connectivity index (χ2v) is 8.20. The predicted molar refractivity (Wildman–Crippen MR) is 119 cm³/mol. The topological polar surface area (TPSA) is 74.1 Å². The number of fused-ring (bicyclic) bond motifs is 1. The van der Waals surface area contributed by atoms with Gasteiger partial charge in [0.25, 0.3) is 0 Å². The predicted octanol–water partition coefficient (Wildman–Crippen LogP) is 4.76. The minimum atomic E-state index is -0.162. The first-order chi connectivity index (χ1) is 14.5. The van der Waals surface area contributed by atoms with Gasteiger partial charge in [0.2, 0.25) is 0 Å². The number of Topliss-reactive ketones (excluding diaryl/α,β-unsaturated/α-hetero) is 1. The summed E-state index contributed by atoms with van der Waals surface area (Å²) in [5, 5.41) is 1.79. The number of unbranched alkanes of at least 4 members (excludes halogenated alkanes) is 2. The zero-order chi connectivity index (χ0) is 21.5. The molecule has 2 heterocycles. The van der Waals surface area contributed by atoms with E-state index in [2.05, 4.69) is 19.3 Å². The number of thioether (sulfide) groups is 1. The SMILES string of the molecule is COC(=O)CCCCCn1c(C)cc(C(=O)CSc2ncnc3ccccc23)c1C. The van der Waals surface area contributed by atoms with Gasteiger partial charge in [0.05, 0.1) is 18.4 Å². The number of esters is 1. The van der Waals surface area contributed by atoms with Crippen molar-refractivity contribution in [2.75, 3.05) is 12.9 Å². The van der Waals surface area contributed by atoms with Crippen molar-refractivity contribution in [3.05, 3.63) is 53.6 Å². The molecule has 0 radical (unpaired) electrons. The highest BCUT2D eigenvalue weighted by atomic mass is 32.2. The van der Waals surface area contributed by atoms with E-state index >= 15 is 0 Å². The fourth-order valence-electron chi connectivity index (χ4n) is 3.55. The highest BCUT2D eigenvalue weighted by Gasteiger charge is 2.17. The van der Waals surface area contributed by atoms with Crippen LogP contribution < -0.4 is 0 Å². The molecule has 158 valence electrons. The molecule has 0 aliphatic heterocycles. The number of ether oxygens (including phenoxy) is 1. The van der Waals surface area contributed by atoms with Gasteiger partial charge in [-0.25, -0.2) is 9.97 Å². The molecule has 3 rings (SSSR count). The molecule has 0 aliphatic carbocycles. The number of aryl methyl sites for hydroxylation is 1. The molecule has 0 spiro atoms. The fraction of sp³-hybridized carbons (Fsp3) is 0.391. The van der Waals surface area contributed by atoms with Gasteiger partial charge in [0, 0.05) is 35.3 Å². The standard InChI is InChI=1S/C23H27N3O3S/c1-16-13-19(17(2)26(16)12-8-4-5-11-22(28)29-3)21(27)14-30-23-18-9-6-7-10-20(18)24-15-25-23/h6-7,9-10,13,15H,4-5,8,11-12,14H2,1-3H3. The van der Waals surface area contributed by atoms with Crippen LogP contribution in [-0.2, 0) is 16.1 Å². The van der Waals surface area contributed by atoms with Crippen LogP contribution in [0.5, 0.6) is 0 Å². The summed E-state index contributed by atoms with van der Waals surface area (Å²) in [5.74, 6) is 0.280. The summed E-state index contributed by atoms with van der Waals surface area (Å²) >= 11 is 1.45. The van der Waals surface area contributed by atoms with Crippen LogP contribution in [0.4, 0.5) is 0 Å². The van der Waals surface area contributed by atoms with Gasteiger partial charge in [-0.1, -0.05) is 36.4 Å². The van der Waals surface area contributed by atoms with Crippen molar-refractivity contribution in [3.8, 4) is 0 Å². The van der Waals surface area contributed by atoms with E-state index in [1.54, 1.807) is 6.33 Å². The third kappa shape index (κ3) is 5.27. The normalized spacial score (nSPS) is 11.0. The molecule has 7 heteroatoms. The summed E-state index contributed by atoms with van der Waals surface area (Å²) in [4.78, 5) is 32.7. The maximum Gasteiger partial charge on any atom is 0.305 e. The number of carbonyl (C=O) groups is 2. The third-order valence-corrected chi connectivity index (χ3v) is 6.22. The molecule has 6 nitrogen and oxygen atoms in total. The largest absolute Gasteiger partial charge is 0.469 e. The number of aromatic nitrogens is 3. The summed E-state index contributed by atoms with van der Waals surface area (Å²) in [7, 11) is 1.42. The highest BCUT2D eigenvalue weighted by Crippen LogP contribution is 2.26. The Morgan fingerprint density at radius 1 is 1.10 bits per heavy atom. The van der Waals surface area contributed by atoms with E-state index in [9.17, 15) is 9.59 Å². The van der Waals surface area contributed by atoms with Gasteiger partial charge in [-0.3, -0.25) is 9.59 Å². The van der Waals surface area contributed by atoms with Crippen molar-refractivity contribution >= 4 is 34.4 Å². The number of benzene rings is 1. The summed E-state index contributed by atoms with van der Waals surface area (Å²) in [6, 6.07) is 9.80. The van der Waals surface area contributed by atoms with Crippen LogP contribution in [0.1, 0.15) is 47.4 Å². The Kier molecular flexibility index (Phi) is 7.63. The van der Waals surface area contributed by atoms with Gasteiger partial charge >= 0.3 is 5.97 Å². The van der Waals surface area contributed by atoms with Crippen LogP contribution in [-0.4, -0.2) is 39.2 Å². The van der Waals surface area contributed by atoms with Gasteiger partial charge in [-0.05, 0) is 38.8 Å². The van der Waals surface area contributed by atoms with Gasteiger partial charge in [0.1, 0.15) is 11.4 Å². The van der Waals surface area contributed by atoms with Crippen molar-refractivity contribution in [3.63, 3.8) is 0 Å². The quantitative estimate of drug-likeness (QED) is 0.153. The summed E-state index contributed by atoms with van der Waals surface area (Å²) < 4.78 is 6.86. The van der Waals surface area contributed by atoms with Crippen molar-refractivity contribution in [1.82, 2.24) is 14.5 Å². The first-order valence-corrected chi connectivity index (χ1v) is 11.1. The average Bonchev–Trinajstić information content (AvgIpc) is 3.05. The fourth-order valence-corrected chi connectivity index (χ4v) is 4.43. The first kappa shape index (κ1) is 22.0. The van der Waals surface area contributed by atoms with E-state index in [1.165, 1.54) is 18.9 Å². The molecule has 0 fully saturated rings. The molecule has 0 saturated carbocycles. The lowest BCUT2D eigenvalue weighted by Crippen LogP contribution is -2.07. The Morgan fingerprint density at radius 2 is 1.90 bits per heavy atom. The average molecular weight is 426 g/mol. The van der Waals surface area contributed by atoms with Crippen molar-refractivity contribution < 1.29 is 14.3 Å².